The van der Waals surface area contributed by atoms with Gasteiger partial charge in [0.25, 0.3) is 0 Å². The number of epoxide rings is 1. The number of nitrogens with one attached hydrogen (secondary N) is 1. The van der Waals surface area contributed by atoms with Crippen molar-refractivity contribution in [3.05, 3.63) is 106 Å². The van der Waals surface area contributed by atoms with Crippen molar-refractivity contribution < 1.29 is 81.3 Å². The maximum absolute atomic E-state index is 14.5. The minimum Gasteiger partial charge on any atom is -0.495 e. The molecule has 9 rings (SSSR count). The second-order valence-electron chi connectivity index (χ2n) is 29.3. The Morgan fingerprint density at radius 2 is 1.40 bits per heavy atom. The van der Waals surface area contributed by atoms with Crippen LogP contribution in [0.2, 0.25) is 5.02 Å². The van der Waals surface area contributed by atoms with E-state index in [1.54, 1.807) is 70.1 Å². The standard InChI is InChI=1S/C80H110ClN7O17.C2H6/c1-52-21-20-28-67(98-10)80(96)50-66(103-72(93)51-80)53(2)76-79(4,105-76)68(49-71(92)88(8)63-46-56(45-52)47-65(97-9)73(63)81)104-78(95)54(3)87(7)77(94)57-32-30-55(31-33-57)22-13-18-29-69(90)86(6)36-38-100-40-42-102-44-43-101-41-39-99-37-34-70(91)85(5)35-19-11-12-27-64(89)62-48-58-23-14-15-24-59(58)74-75(83-84-82-74)61-26-17-16-25-60(61)62;1-2/h14-17,20-21,23-26,28,46-47,53-55,57,62,66-68,76,96H,11-13,18-19,22,27,29-45,48-51H2,1-10H3,(H,82,83,84);1-2H3/b28-20+,52-21+;/t53-,54+,55?,57?,62?,66+,67-,68+,76+,79+,80-;/m1./s1. The topological polar surface area (TPSA) is 281 Å². The molecule has 4 amide bonds. The SMILES string of the molecule is CC.COc1cc2cc(c1Cl)N(C)C(=O)C[C@H](OC(=O)[C@H](C)N(C)C(=O)C1CCC(CCCCC(=O)N(C)CCOCCOCCOCCOCCC(=O)N(C)CCCCCC(=O)C3Cc4ccccc4-c4n[nH]nc4-c4ccccc43)CC1)[C@]1(C)O[C@H]1[C@H](C)[C@@H]1C[C@@](O)(CC(=O)O1)[C@H](OC)/C=C/C=C(\C)C2. The zero-order valence-electron chi connectivity index (χ0n) is 65.0. The summed E-state index contributed by atoms with van der Waals surface area (Å²) < 4.78 is 52.7. The fourth-order valence-electron chi connectivity index (χ4n) is 15.1. The van der Waals surface area contributed by atoms with Crippen LogP contribution in [-0.4, -0.2) is 227 Å². The molecule has 3 aromatic carbocycles. The van der Waals surface area contributed by atoms with Crippen LogP contribution in [0.3, 0.4) is 0 Å². The van der Waals surface area contributed by atoms with Gasteiger partial charge >= 0.3 is 11.9 Å². The van der Waals surface area contributed by atoms with E-state index in [1.807, 2.05) is 82.3 Å². The van der Waals surface area contributed by atoms with E-state index in [9.17, 15) is 38.7 Å². The summed E-state index contributed by atoms with van der Waals surface area (Å²) in [7, 11) is 9.74. The van der Waals surface area contributed by atoms with Crippen LogP contribution in [0.4, 0.5) is 5.69 Å². The second kappa shape index (κ2) is 41.4. The first-order valence-corrected chi connectivity index (χ1v) is 38.8. The number of anilines is 1. The molecule has 2 saturated heterocycles. The summed E-state index contributed by atoms with van der Waals surface area (Å²) in [4.78, 5) is 102. The number of fused-ring (bicyclic) bond motifs is 10. The predicted molar refractivity (Wildman–Crippen MR) is 408 cm³/mol. The van der Waals surface area contributed by atoms with Crippen LogP contribution >= 0.6 is 11.6 Å². The van der Waals surface area contributed by atoms with E-state index in [0.29, 0.717) is 122 Å². The number of ether oxygens (including phenoxy) is 9. The third-order valence-corrected chi connectivity index (χ3v) is 22.2. The number of halogens is 1. The van der Waals surface area contributed by atoms with E-state index in [1.165, 1.54) is 24.0 Å². The van der Waals surface area contributed by atoms with Crippen LogP contribution < -0.4 is 9.64 Å². The number of aromatic nitrogens is 3. The number of benzene rings is 3. The number of hydrogen-bond acceptors (Lipinski definition) is 19. The number of allylic oxidation sites excluding steroid dienone is 3. The van der Waals surface area contributed by atoms with Gasteiger partial charge in [0.2, 0.25) is 23.6 Å². The molecule has 24 nitrogen and oxygen atoms in total. The highest BCUT2D eigenvalue weighted by atomic mass is 35.5. The average Bonchev–Trinajstić information content (AvgIpc) is 1.57. The number of carbonyl (C=O) groups excluding carboxylic acids is 7. The van der Waals surface area contributed by atoms with Gasteiger partial charge in [-0.05, 0) is 113 Å². The third kappa shape index (κ3) is 23.1. The molecule has 4 bridgehead atoms. The highest BCUT2D eigenvalue weighted by Crippen LogP contribution is 2.50. The molecule has 2 aliphatic carbocycles. The summed E-state index contributed by atoms with van der Waals surface area (Å²) in [6.45, 7) is 15.2. The van der Waals surface area contributed by atoms with Gasteiger partial charge in [-0.15, -0.1) is 0 Å². The minimum absolute atomic E-state index is 0.00963. The molecule has 5 aliphatic rings. The first-order valence-electron chi connectivity index (χ1n) is 38.4. The fraction of sp³-hybridized carbons (Fsp3) is 0.622. The van der Waals surface area contributed by atoms with E-state index in [2.05, 4.69) is 21.5 Å². The number of hydrogen-bond donors (Lipinski definition) is 2. The number of nitrogens with zero attached hydrogens (tertiary/aromatic N) is 6. The van der Waals surface area contributed by atoms with Gasteiger partial charge in [0, 0.05) is 96.5 Å². The Hall–Kier alpha value is -7.42. The van der Waals surface area contributed by atoms with Gasteiger partial charge in [-0.2, -0.15) is 15.4 Å². The van der Waals surface area contributed by atoms with Crippen molar-refractivity contribution in [3.63, 3.8) is 0 Å². The van der Waals surface area contributed by atoms with Gasteiger partial charge in [-0.25, -0.2) is 4.79 Å². The van der Waals surface area contributed by atoms with Crippen LogP contribution in [0.5, 0.6) is 5.75 Å². The Bertz CT molecular complexity index is 3670. The largest absolute Gasteiger partial charge is 0.495 e. The summed E-state index contributed by atoms with van der Waals surface area (Å²) in [6, 6.07) is 18.7. The zero-order valence-corrected chi connectivity index (χ0v) is 65.8. The number of esters is 2. The van der Waals surface area contributed by atoms with E-state index < -0.39 is 65.4 Å². The molecule has 9 atom stereocenters. The molecular formula is C82H116ClN7O17. The van der Waals surface area contributed by atoms with Crippen LogP contribution in [0.15, 0.2) is 84.5 Å². The first kappa shape index (κ1) is 85.2. The van der Waals surface area contributed by atoms with Crippen molar-refractivity contribution in [2.24, 2.45) is 17.8 Å². The number of rotatable bonds is 33. The Balaban J connectivity index is 0.00000716. The van der Waals surface area contributed by atoms with E-state index in [0.717, 1.165) is 96.1 Å². The molecule has 0 radical (unpaired) electrons. The molecule has 1 aromatic heterocycles. The van der Waals surface area contributed by atoms with E-state index in [4.69, 9.17) is 54.2 Å². The summed E-state index contributed by atoms with van der Waals surface area (Å²) in [5.74, 6) is -1.97. The highest BCUT2D eigenvalue weighted by Gasteiger charge is 2.64. The Labute approximate surface area is 637 Å². The number of carbonyl (C=O) groups is 7. The number of H-pyrrole nitrogens is 1. The molecule has 107 heavy (non-hydrogen) atoms. The lowest BCUT2D eigenvalue weighted by molar-refractivity contribution is -0.187. The summed E-state index contributed by atoms with van der Waals surface area (Å²) in [5, 5.41) is 24.0. The maximum Gasteiger partial charge on any atom is 0.328 e. The molecule has 1 unspecified atom stereocenters. The van der Waals surface area contributed by atoms with Crippen molar-refractivity contribution in [2.45, 2.75) is 205 Å². The highest BCUT2D eigenvalue weighted by molar-refractivity contribution is 6.35. The molecule has 4 heterocycles. The first-order chi connectivity index (χ1) is 51.4. The molecule has 4 aromatic rings. The van der Waals surface area contributed by atoms with Gasteiger partial charge in [0.05, 0.1) is 91.0 Å². The number of Topliss-reactive ketones (excluding diaryl/α,β-unsaturated/α-hetero) is 1. The second-order valence-corrected chi connectivity index (χ2v) is 29.6. The van der Waals surface area contributed by atoms with Gasteiger partial charge in [0.15, 0.2) is 0 Å². The molecule has 25 heteroatoms. The van der Waals surface area contributed by atoms with Crippen molar-refractivity contribution >= 4 is 58.6 Å². The van der Waals surface area contributed by atoms with Crippen molar-refractivity contribution in [2.75, 3.05) is 113 Å². The van der Waals surface area contributed by atoms with Crippen LogP contribution in [0, 0.1) is 17.8 Å². The maximum atomic E-state index is 14.5. The number of methoxy groups -OCH3 is 2. The monoisotopic (exact) mass is 1510 g/mol. The van der Waals surface area contributed by atoms with E-state index in [-0.39, 0.29) is 66.0 Å². The molecule has 0 spiro atoms. The lowest BCUT2D eigenvalue weighted by atomic mass is 9.78. The van der Waals surface area contributed by atoms with Gasteiger partial charge in [-0.1, -0.05) is 124 Å². The van der Waals surface area contributed by atoms with E-state index >= 15 is 0 Å². The average molecular weight is 1510 g/mol. The van der Waals surface area contributed by atoms with Crippen molar-refractivity contribution in [3.8, 4) is 28.3 Å². The summed E-state index contributed by atoms with van der Waals surface area (Å²) in [6.07, 6.45) is 11.5. The third-order valence-electron chi connectivity index (χ3n) is 21.8. The molecule has 2 N–H and O–H groups in total. The number of aliphatic hydroxyl groups is 1. The van der Waals surface area contributed by atoms with Crippen LogP contribution in [0.25, 0.3) is 22.5 Å². The van der Waals surface area contributed by atoms with Gasteiger partial charge in [0.1, 0.15) is 63.5 Å². The summed E-state index contributed by atoms with van der Waals surface area (Å²) >= 11 is 6.88. The van der Waals surface area contributed by atoms with Crippen molar-refractivity contribution in [1.29, 1.82) is 0 Å². The van der Waals surface area contributed by atoms with Crippen LogP contribution in [0.1, 0.15) is 167 Å². The molecule has 3 aliphatic heterocycles. The minimum atomic E-state index is -1.61. The molecule has 3 fully saturated rings. The zero-order chi connectivity index (χ0) is 77.4. The number of unbranched alkanes of at least 4 members (excludes halogenated alkanes) is 3. The van der Waals surface area contributed by atoms with Gasteiger partial charge < -0.3 is 67.3 Å². The Morgan fingerprint density at radius 3 is 2.09 bits per heavy atom. The summed E-state index contributed by atoms with van der Waals surface area (Å²) in [5.41, 5.74) is 4.81. The normalized spacial score (nSPS) is 24.5. The van der Waals surface area contributed by atoms with Crippen molar-refractivity contribution in [1.82, 2.24) is 30.1 Å². The quantitative estimate of drug-likeness (QED) is 0.0255. The van der Waals surface area contributed by atoms with Crippen LogP contribution in [-0.2, 0) is 84.3 Å². The Kier molecular flexibility index (Phi) is 33.0. The number of likely N-dealkylation sites (N-methyl/N-ethyl adjacent to an activating group) is 2. The fourth-order valence-corrected chi connectivity index (χ4v) is 15.4. The molecular weight excluding hydrogens is 1390 g/mol. The number of ketones is 1. The lowest BCUT2D eigenvalue weighted by Gasteiger charge is -2.41. The molecule has 1 saturated carbocycles. The number of amides is 4. The number of aromatic amines is 1. The molecule has 588 valence electrons. The predicted octanol–water partition coefficient (Wildman–Crippen LogP) is 11.5. The smallest absolute Gasteiger partial charge is 0.328 e. The van der Waals surface area contributed by atoms with Gasteiger partial charge in [-0.3, -0.25) is 28.8 Å². The Morgan fingerprint density at radius 1 is 0.776 bits per heavy atom. The lowest BCUT2D eigenvalue weighted by Crippen LogP contribution is -2.53.